The summed E-state index contributed by atoms with van der Waals surface area (Å²) in [5, 5.41) is 0. The van der Waals surface area contributed by atoms with Crippen molar-refractivity contribution in [3.05, 3.63) is 71.8 Å². The lowest BCUT2D eigenvalue weighted by atomic mass is 10.0. The molecule has 1 aliphatic heterocycles. The summed E-state index contributed by atoms with van der Waals surface area (Å²) >= 11 is 0. The van der Waals surface area contributed by atoms with E-state index in [9.17, 15) is 0 Å². The SMILES string of the molecule is NCC1OCC1N(Cc1ccccc1)Cc1ccccc1. The highest BCUT2D eigenvalue weighted by molar-refractivity contribution is 5.17. The first kappa shape index (κ1) is 14.3. The molecule has 0 saturated carbocycles. The summed E-state index contributed by atoms with van der Waals surface area (Å²) < 4.78 is 5.58. The molecular weight excluding hydrogens is 260 g/mol. The lowest BCUT2D eigenvalue weighted by Gasteiger charge is -2.44. The third-order valence-corrected chi connectivity index (χ3v) is 4.07. The summed E-state index contributed by atoms with van der Waals surface area (Å²) in [5.74, 6) is 0. The topological polar surface area (TPSA) is 38.5 Å². The van der Waals surface area contributed by atoms with Gasteiger partial charge in [0.1, 0.15) is 0 Å². The zero-order chi connectivity index (χ0) is 14.5. The van der Waals surface area contributed by atoms with Crippen molar-refractivity contribution in [3.8, 4) is 0 Å². The van der Waals surface area contributed by atoms with Gasteiger partial charge in [0.25, 0.3) is 0 Å². The molecule has 2 N–H and O–H groups in total. The second-order valence-corrected chi connectivity index (χ2v) is 5.55. The van der Waals surface area contributed by atoms with Crippen molar-refractivity contribution in [1.29, 1.82) is 0 Å². The van der Waals surface area contributed by atoms with Crippen molar-refractivity contribution < 1.29 is 4.74 Å². The first-order chi connectivity index (χ1) is 10.4. The predicted molar refractivity (Wildman–Crippen MR) is 84.7 cm³/mol. The van der Waals surface area contributed by atoms with E-state index in [0.717, 1.165) is 19.7 Å². The molecule has 2 unspecified atom stereocenters. The number of nitrogens with zero attached hydrogens (tertiary/aromatic N) is 1. The zero-order valence-corrected chi connectivity index (χ0v) is 12.2. The van der Waals surface area contributed by atoms with Crippen LogP contribution in [0.4, 0.5) is 0 Å². The Morgan fingerprint density at radius 1 is 0.905 bits per heavy atom. The molecule has 0 amide bonds. The fourth-order valence-electron chi connectivity index (χ4n) is 2.81. The Labute approximate surface area is 126 Å². The minimum absolute atomic E-state index is 0.164. The van der Waals surface area contributed by atoms with E-state index in [1.54, 1.807) is 0 Å². The summed E-state index contributed by atoms with van der Waals surface area (Å²) in [6.45, 7) is 3.23. The van der Waals surface area contributed by atoms with E-state index in [1.807, 2.05) is 0 Å². The first-order valence-corrected chi connectivity index (χ1v) is 7.50. The minimum Gasteiger partial charge on any atom is -0.373 e. The van der Waals surface area contributed by atoms with Gasteiger partial charge >= 0.3 is 0 Å². The highest BCUT2D eigenvalue weighted by atomic mass is 16.5. The molecule has 0 radical (unpaired) electrons. The van der Waals surface area contributed by atoms with Gasteiger partial charge in [-0.15, -0.1) is 0 Å². The molecule has 1 fully saturated rings. The molecular formula is C18H22N2O. The van der Waals surface area contributed by atoms with E-state index in [4.69, 9.17) is 10.5 Å². The number of hydrogen-bond donors (Lipinski definition) is 1. The first-order valence-electron chi connectivity index (χ1n) is 7.50. The van der Waals surface area contributed by atoms with Gasteiger partial charge in [-0.3, -0.25) is 4.90 Å². The molecule has 0 spiro atoms. The molecule has 2 aromatic rings. The second-order valence-electron chi connectivity index (χ2n) is 5.55. The van der Waals surface area contributed by atoms with Gasteiger partial charge in [-0.05, 0) is 11.1 Å². The Balaban J connectivity index is 1.74. The van der Waals surface area contributed by atoms with E-state index in [-0.39, 0.29) is 6.10 Å². The fraction of sp³-hybridized carbons (Fsp3) is 0.333. The van der Waals surface area contributed by atoms with Gasteiger partial charge in [-0.1, -0.05) is 60.7 Å². The largest absolute Gasteiger partial charge is 0.373 e. The van der Waals surface area contributed by atoms with E-state index in [0.29, 0.717) is 12.6 Å². The fourth-order valence-corrected chi connectivity index (χ4v) is 2.81. The molecule has 0 bridgehead atoms. The lowest BCUT2D eigenvalue weighted by molar-refractivity contribution is -0.134. The van der Waals surface area contributed by atoms with E-state index in [2.05, 4.69) is 65.6 Å². The molecule has 0 aliphatic carbocycles. The number of rotatable bonds is 6. The number of ether oxygens (including phenoxy) is 1. The van der Waals surface area contributed by atoms with Crippen LogP contribution in [0.3, 0.4) is 0 Å². The van der Waals surface area contributed by atoms with Crippen LogP contribution in [0.25, 0.3) is 0 Å². The zero-order valence-electron chi connectivity index (χ0n) is 12.2. The van der Waals surface area contributed by atoms with Crippen LogP contribution in [0.2, 0.25) is 0 Å². The van der Waals surface area contributed by atoms with E-state index >= 15 is 0 Å². The molecule has 1 aliphatic rings. The maximum Gasteiger partial charge on any atom is 0.0875 e. The Morgan fingerprint density at radius 2 is 1.43 bits per heavy atom. The summed E-state index contributed by atoms with van der Waals surface area (Å²) in [7, 11) is 0. The summed E-state index contributed by atoms with van der Waals surface area (Å²) in [5.41, 5.74) is 8.46. The average molecular weight is 282 g/mol. The van der Waals surface area contributed by atoms with Gasteiger partial charge < -0.3 is 10.5 Å². The molecule has 1 heterocycles. The van der Waals surface area contributed by atoms with Gasteiger partial charge in [0.15, 0.2) is 0 Å². The molecule has 3 rings (SSSR count). The smallest absolute Gasteiger partial charge is 0.0875 e. The van der Waals surface area contributed by atoms with Crippen LogP contribution in [0.15, 0.2) is 60.7 Å². The lowest BCUT2D eigenvalue weighted by Crippen LogP contribution is -2.58. The minimum atomic E-state index is 0.164. The Hall–Kier alpha value is -1.68. The van der Waals surface area contributed by atoms with Gasteiger partial charge in [0.2, 0.25) is 0 Å². The molecule has 1 saturated heterocycles. The highest BCUT2D eigenvalue weighted by Gasteiger charge is 2.35. The molecule has 2 aromatic carbocycles. The predicted octanol–water partition coefficient (Wildman–Crippen LogP) is 2.41. The molecule has 2 atom stereocenters. The summed E-state index contributed by atoms with van der Waals surface area (Å²) in [6.07, 6.45) is 0.164. The van der Waals surface area contributed by atoms with Crippen LogP contribution < -0.4 is 5.73 Å². The van der Waals surface area contributed by atoms with Crippen LogP contribution in [-0.4, -0.2) is 30.2 Å². The van der Waals surface area contributed by atoms with Crippen molar-refractivity contribution in [2.45, 2.75) is 25.2 Å². The van der Waals surface area contributed by atoms with E-state index in [1.165, 1.54) is 11.1 Å². The average Bonchev–Trinajstić information content (AvgIpc) is 2.49. The normalized spacial score (nSPS) is 21.2. The third kappa shape index (κ3) is 3.50. The van der Waals surface area contributed by atoms with Crippen molar-refractivity contribution >= 4 is 0 Å². The highest BCUT2D eigenvalue weighted by Crippen LogP contribution is 2.23. The summed E-state index contributed by atoms with van der Waals surface area (Å²) in [6, 6.07) is 21.6. The molecule has 0 aromatic heterocycles. The van der Waals surface area contributed by atoms with Crippen molar-refractivity contribution in [1.82, 2.24) is 4.90 Å². The van der Waals surface area contributed by atoms with Crippen LogP contribution in [0.1, 0.15) is 11.1 Å². The molecule has 3 nitrogen and oxygen atoms in total. The third-order valence-electron chi connectivity index (χ3n) is 4.07. The maximum atomic E-state index is 5.80. The number of benzene rings is 2. The maximum absolute atomic E-state index is 5.80. The summed E-state index contributed by atoms with van der Waals surface area (Å²) in [4.78, 5) is 2.48. The second kappa shape index (κ2) is 6.85. The Morgan fingerprint density at radius 3 is 1.81 bits per heavy atom. The Kier molecular flexibility index (Phi) is 4.65. The monoisotopic (exact) mass is 282 g/mol. The molecule has 110 valence electrons. The number of nitrogens with two attached hydrogens (primary N) is 1. The van der Waals surface area contributed by atoms with Gasteiger partial charge in [0, 0.05) is 19.6 Å². The van der Waals surface area contributed by atoms with Gasteiger partial charge in [-0.25, -0.2) is 0 Å². The molecule has 3 heteroatoms. The van der Waals surface area contributed by atoms with Crippen LogP contribution in [0.5, 0.6) is 0 Å². The Bertz CT molecular complexity index is 500. The number of hydrogen-bond acceptors (Lipinski definition) is 3. The standard InChI is InChI=1S/C18H22N2O/c19-11-18-17(14-21-18)20(12-15-7-3-1-4-8-15)13-16-9-5-2-6-10-16/h1-10,17-18H,11-14,19H2. The molecule has 21 heavy (non-hydrogen) atoms. The van der Waals surface area contributed by atoms with Gasteiger partial charge in [-0.2, -0.15) is 0 Å². The quantitative estimate of drug-likeness (QED) is 0.884. The van der Waals surface area contributed by atoms with Crippen molar-refractivity contribution in [2.24, 2.45) is 5.73 Å². The van der Waals surface area contributed by atoms with E-state index < -0.39 is 0 Å². The van der Waals surface area contributed by atoms with Crippen LogP contribution in [-0.2, 0) is 17.8 Å². The van der Waals surface area contributed by atoms with Crippen LogP contribution in [0, 0.1) is 0 Å². The van der Waals surface area contributed by atoms with Crippen molar-refractivity contribution in [2.75, 3.05) is 13.2 Å². The van der Waals surface area contributed by atoms with Crippen LogP contribution >= 0.6 is 0 Å². The van der Waals surface area contributed by atoms with Gasteiger partial charge in [0.05, 0.1) is 18.8 Å². The van der Waals surface area contributed by atoms with Crippen molar-refractivity contribution in [3.63, 3.8) is 0 Å².